The molecular weight excluding hydrogens is 184 g/mol. The van der Waals surface area contributed by atoms with Gasteiger partial charge in [0, 0.05) is 18.6 Å². The predicted molar refractivity (Wildman–Crippen MR) is 63.9 cm³/mol. The molecule has 0 aliphatic heterocycles. The standard InChI is InChI=1S/C13H20N2/c1-9-3-6-12(10(2)7-9)13(14)8-15-11-4-5-11/h3,6-7,11,13,15H,4-5,8,14H2,1-2H3. The summed E-state index contributed by atoms with van der Waals surface area (Å²) in [6.45, 7) is 5.15. The minimum absolute atomic E-state index is 0.131. The lowest BCUT2D eigenvalue weighted by molar-refractivity contribution is 0.593. The zero-order valence-electron chi connectivity index (χ0n) is 9.59. The molecule has 0 bridgehead atoms. The Kier molecular flexibility index (Phi) is 3.08. The van der Waals surface area contributed by atoms with Crippen molar-refractivity contribution in [3.05, 3.63) is 34.9 Å². The van der Waals surface area contributed by atoms with Crippen molar-refractivity contribution in [2.45, 2.75) is 38.8 Å². The van der Waals surface area contributed by atoms with Crippen LogP contribution in [-0.2, 0) is 0 Å². The summed E-state index contributed by atoms with van der Waals surface area (Å²) in [5.74, 6) is 0. The van der Waals surface area contributed by atoms with Gasteiger partial charge in [-0.1, -0.05) is 23.8 Å². The normalized spacial score (nSPS) is 17.8. The zero-order valence-corrected chi connectivity index (χ0v) is 9.59. The summed E-state index contributed by atoms with van der Waals surface area (Å²) >= 11 is 0. The molecule has 0 saturated heterocycles. The highest BCUT2D eigenvalue weighted by atomic mass is 15.0. The van der Waals surface area contributed by atoms with Crippen LogP contribution in [0, 0.1) is 13.8 Å². The highest BCUT2D eigenvalue weighted by molar-refractivity contribution is 5.32. The minimum Gasteiger partial charge on any atom is -0.323 e. The van der Waals surface area contributed by atoms with E-state index in [0.29, 0.717) is 0 Å². The fraction of sp³-hybridized carbons (Fsp3) is 0.538. The summed E-state index contributed by atoms with van der Waals surface area (Å²) in [7, 11) is 0. The highest BCUT2D eigenvalue weighted by Gasteiger charge is 2.21. The third-order valence-corrected chi connectivity index (χ3v) is 3.03. The fourth-order valence-corrected chi connectivity index (χ4v) is 1.93. The first kappa shape index (κ1) is 10.7. The van der Waals surface area contributed by atoms with E-state index >= 15 is 0 Å². The van der Waals surface area contributed by atoms with E-state index in [0.717, 1.165) is 12.6 Å². The second-order valence-electron chi connectivity index (χ2n) is 4.65. The fourth-order valence-electron chi connectivity index (χ4n) is 1.93. The minimum atomic E-state index is 0.131. The SMILES string of the molecule is Cc1ccc(C(N)CNC2CC2)c(C)c1. The topological polar surface area (TPSA) is 38.0 Å². The summed E-state index contributed by atoms with van der Waals surface area (Å²) in [5, 5.41) is 3.47. The van der Waals surface area contributed by atoms with E-state index < -0.39 is 0 Å². The second kappa shape index (κ2) is 4.33. The maximum Gasteiger partial charge on any atom is 0.0424 e. The molecule has 0 heterocycles. The molecule has 82 valence electrons. The van der Waals surface area contributed by atoms with Crippen LogP contribution in [0.3, 0.4) is 0 Å². The van der Waals surface area contributed by atoms with E-state index in [1.807, 2.05) is 0 Å². The molecule has 2 heteroatoms. The molecule has 2 nitrogen and oxygen atoms in total. The average Bonchev–Trinajstić information content (AvgIpc) is 2.97. The number of benzene rings is 1. The number of rotatable bonds is 4. The molecule has 0 spiro atoms. The van der Waals surface area contributed by atoms with Crippen LogP contribution in [0.5, 0.6) is 0 Å². The van der Waals surface area contributed by atoms with Gasteiger partial charge >= 0.3 is 0 Å². The van der Waals surface area contributed by atoms with Crippen LogP contribution in [0.1, 0.15) is 35.6 Å². The molecule has 1 fully saturated rings. The molecule has 1 aromatic carbocycles. The Morgan fingerprint density at radius 3 is 2.73 bits per heavy atom. The van der Waals surface area contributed by atoms with E-state index in [4.69, 9.17) is 5.73 Å². The molecular formula is C13H20N2. The third kappa shape index (κ3) is 2.80. The molecule has 1 aliphatic carbocycles. The largest absolute Gasteiger partial charge is 0.323 e. The Balaban J connectivity index is 1.99. The van der Waals surface area contributed by atoms with Crippen molar-refractivity contribution in [1.82, 2.24) is 5.32 Å². The van der Waals surface area contributed by atoms with Gasteiger partial charge < -0.3 is 11.1 Å². The molecule has 0 radical (unpaired) electrons. The van der Waals surface area contributed by atoms with Crippen LogP contribution in [-0.4, -0.2) is 12.6 Å². The Hall–Kier alpha value is -0.860. The monoisotopic (exact) mass is 204 g/mol. The molecule has 2 rings (SSSR count). The number of nitrogens with two attached hydrogens (primary N) is 1. The quantitative estimate of drug-likeness (QED) is 0.788. The molecule has 0 amide bonds. The van der Waals surface area contributed by atoms with E-state index in [1.165, 1.54) is 29.5 Å². The highest BCUT2D eigenvalue weighted by Crippen LogP contribution is 2.21. The van der Waals surface area contributed by atoms with Gasteiger partial charge in [-0.3, -0.25) is 0 Å². The van der Waals surface area contributed by atoms with Crippen molar-refractivity contribution >= 4 is 0 Å². The van der Waals surface area contributed by atoms with Crippen LogP contribution in [0.25, 0.3) is 0 Å². The van der Waals surface area contributed by atoms with Crippen LogP contribution in [0.2, 0.25) is 0 Å². The number of aryl methyl sites for hydroxylation is 2. The molecule has 1 atom stereocenters. The van der Waals surface area contributed by atoms with Crippen molar-refractivity contribution < 1.29 is 0 Å². The number of nitrogens with one attached hydrogen (secondary N) is 1. The van der Waals surface area contributed by atoms with Crippen molar-refractivity contribution in [2.75, 3.05) is 6.54 Å². The molecule has 3 N–H and O–H groups in total. The van der Waals surface area contributed by atoms with Gasteiger partial charge in [-0.15, -0.1) is 0 Å². The summed E-state index contributed by atoms with van der Waals surface area (Å²) < 4.78 is 0. The molecule has 1 aromatic rings. The second-order valence-corrected chi connectivity index (χ2v) is 4.65. The van der Waals surface area contributed by atoms with Gasteiger partial charge in [-0.25, -0.2) is 0 Å². The maximum absolute atomic E-state index is 6.16. The van der Waals surface area contributed by atoms with Gasteiger partial charge in [0.25, 0.3) is 0 Å². The van der Waals surface area contributed by atoms with Crippen LogP contribution in [0.15, 0.2) is 18.2 Å². The van der Waals surface area contributed by atoms with Gasteiger partial charge in [0.2, 0.25) is 0 Å². The van der Waals surface area contributed by atoms with Gasteiger partial charge in [0.15, 0.2) is 0 Å². The predicted octanol–water partition coefficient (Wildman–Crippen LogP) is 2.06. The van der Waals surface area contributed by atoms with E-state index in [1.54, 1.807) is 0 Å². The Morgan fingerprint density at radius 1 is 1.40 bits per heavy atom. The molecule has 15 heavy (non-hydrogen) atoms. The van der Waals surface area contributed by atoms with Gasteiger partial charge in [-0.2, -0.15) is 0 Å². The number of hydrogen-bond acceptors (Lipinski definition) is 2. The summed E-state index contributed by atoms with van der Waals surface area (Å²) in [6.07, 6.45) is 2.64. The van der Waals surface area contributed by atoms with Crippen molar-refractivity contribution in [1.29, 1.82) is 0 Å². The first-order valence-electron chi connectivity index (χ1n) is 5.73. The average molecular weight is 204 g/mol. The van der Waals surface area contributed by atoms with Crippen LogP contribution in [0.4, 0.5) is 0 Å². The maximum atomic E-state index is 6.16. The van der Waals surface area contributed by atoms with Gasteiger partial charge in [0.05, 0.1) is 0 Å². The van der Waals surface area contributed by atoms with E-state index in [2.05, 4.69) is 37.4 Å². The molecule has 0 aromatic heterocycles. The van der Waals surface area contributed by atoms with Crippen molar-refractivity contribution in [2.24, 2.45) is 5.73 Å². The summed E-state index contributed by atoms with van der Waals surface area (Å²) in [6, 6.07) is 7.36. The van der Waals surface area contributed by atoms with E-state index in [-0.39, 0.29) is 6.04 Å². The third-order valence-electron chi connectivity index (χ3n) is 3.03. The Morgan fingerprint density at radius 2 is 2.13 bits per heavy atom. The lowest BCUT2D eigenvalue weighted by Crippen LogP contribution is -2.28. The van der Waals surface area contributed by atoms with Gasteiger partial charge in [-0.05, 0) is 37.8 Å². The van der Waals surface area contributed by atoms with Crippen LogP contribution >= 0.6 is 0 Å². The van der Waals surface area contributed by atoms with Crippen LogP contribution < -0.4 is 11.1 Å². The Labute approximate surface area is 91.9 Å². The lowest BCUT2D eigenvalue weighted by atomic mass is 10.00. The van der Waals surface area contributed by atoms with E-state index in [9.17, 15) is 0 Å². The smallest absolute Gasteiger partial charge is 0.0424 e. The van der Waals surface area contributed by atoms with Gasteiger partial charge in [0.1, 0.15) is 0 Å². The van der Waals surface area contributed by atoms with Crippen molar-refractivity contribution in [3.63, 3.8) is 0 Å². The molecule has 1 unspecified atom stereocenters. The Bertz CT molecular complexity index is 342. The first-order chi connectivity index (χ1) is 7.16. The van der Waals surface area contributed by atoms with Crippen molar-refractivity contribution in [3.8, 4) is 0 Å². The lowest BCUT2D eigenvalue weighted by Gasteiger charge is -2.15. The molecule has 1 aliphatic rings. The zero-order chi connectivity index (χ0) is 10.8. The first-order valence-corrected chi connectivity index (χ1v) is 5.73. The number of hydrogen-bond donors (Lipinski definition) is 2. The summed E-state index contributed by atoms with van der Waals surface area (Å²) in [4.78, 5) is 0. The molecule has 1 saturated carbocycles. The summed E-state index contributed by atoms with van der Waals surface area (Å²) in [5.41, 5.74) is 10.0.